The SMILES string of the molecule is O=C(Cn1nnc(-c2ccccc2Cl)n1)N1CCCC1c1ccc2c(c1)OCCO2. The van der Waals surface area contributed by atoms with Crippen molar-refractivity contribution in [1.29, 1.82) is 0 Å². The van der Waals surface area contributed by atoms with Crippen molar-refractivity contribution < 1.29 is 14.3 Å². The summed E-state index contributed by atoms with van der Waals surface area (Å²) in [4.78, 5) is 16.2. The maximum Gasteiger partial charge on any atom is 0.246 e. The van der Waals surface area contributed by atoms with Crippen LogP contribution in [0.5, 0.6) is 11.5 Å². The molecule has 2 aromatic carbocycles. The first-order valence-electron chi connectivity index (χ1n) is 9.91. The van der Waals surface area contributed by atoms with Crippen LogP contribution in [0.25, 0.3) is 11.4 Å². The van der Waals surface area contributed by atoms with E-state index in [-0.39, 0.29) is 18.5 Å². The third kappa shape index (κ3) is 3.59. The molecule has 3 heterocycles. The van der Waals surface area contributed by atoms with Gasteiger partial charge in [-0.1, -0.05) is 29.8 Å². The second-order valence-electron chi connectivity index (χ2n) is 7.27. The molecule has 1 saturated heterocycles. The van der Waals surface area contributed by atoms with E-state index in [1.807, 2.05) is 41.3 Å². The van der Waals surface area contributed by atoms with Crippen LogP contribution in [-0.2, 0) is 11.3 Å². The minimum Gasteiger partial charge on any atom is -0.486 e. The highest BCUT2D eigenvalue weighted by atomic mass is 35.5. The summed E-state index contributed by atoms with van der Waals surface area (Å²) < 4.78 is 11.3. The second kappa shape index (κ2) is 7.95. The molecule has 154 valence electrons. The number of rotatable bonds is 4. The van der Waals surface area contributed by atoms with E-state index in [0.29, 0.717) is 36.2 Å². The minimum absolute atomic E-state index is 0.000105. The molecule has 3 aromatic rings. The first-order valence-corrected chi connectivity index (χ1v) is 10.3. The molecular formula is C21H20ClN5O3. The zero-order valence-corrected chi connectivity index (χ0v) is 17.0. The number of likely N-dealkylation sites (tertiary alicyclic amines) is 1. The maximum absolute atomic E-state index is 13.0. The standard InChI is InChI=1S/C21H20ClN5O3/c22-16-5-2-1-4-15(16)21-23-25-27(24-21)13-20(28)26-9-3-6-17(26)14-7-8-18-19(12-14)30-11-10-29-18/h1-2,4-5,7-8,12,17H,3,6,9-11,13H2. The Kier molecular flexibility index (Phi) is 5.00. The Labute approximate surface area is 178 Å². The molecule has 1 unspecified atom stereocenters. The molecule has 0 spiro atoms. The second-order valence-corrected chi connectivity index (χ2v) is 7.68. The van der Waals surface area contributed by atoms with Gasteiger partial charge in [-0.3, -0.25) is 4.79 Å². The van der Waals surface area contributed by atoms with Crippen LogP contribution in [0.4, 0.5) is 0 Å². The average molecular weight is 426 g/mol. The predicted octanol–water partition coefficient (Wildman–Crippen LogP) is 3.13. The van der Waals surface area contributed by atoms with Crippen molar-refractivity contribution in [2.75, 3.05) is 19.8 Å². The van der Waals surface area contributed by atoms with Crippen molar-refractivity contribution in [2.24, 2.45) is 0 Å². The topological polar surface area (TPSA) is 82.4 Å². The highest BCUT2D eigenvalue weighted by Crippen LogP contribution is 2.38. The number of fused-ring (bicyclic) bond motifs is 1. The van der Waals surface area contributed by atoms with Crippen molar-refractivity contribution in [2.45, 2.75) is 25.4 Å². The Morgan fingerprint density at radius 1 is 1.13 bits per heavy atom. The summed E-state index contributed by atoms with van der Waals surface area (Å²) in [6.45, 7) is 1.82. The van der Waals surface area contributed by atoms with Gasteiger partial charge in [0.15, 0.2) is 11.5 Å². The Hall–Kier alpha value is -3.13. The van der Waals surface area contributed by atoms with E-state index in [4.69, 9.17) is 21.1 Å². The van der Waals surface area contributed by atoms with Crippen LogP contribution in [0, 0.1) is 0 Å². The molecule has 0 N–H and O–H groups in total. The maximum atomic E-state index is 13.0. The highest BCUT2D eigenvalue weighted by molar-refractivity contribution is 6.33. The highest BCUT2D eigenvalue weighted by Gasteiger charge is 2.31. The number of hydrogen-bond acceptors (Lipinski definition) is 6. The van der Waals surface area contributed by atoms with Gasteiger partial charge in [-0.05, 0) is 47.9 Å². The lowest BCUT2D eigenvalue weighted by Crippen LogP contribution is -2.34. The van der Waals surface area contributed by atoms with Gasteiger partial charge in [0.25, 0.3) is 0 Å². The van der Waals surface area contributed by atoms with Crippen LogP contribution >= 0.6 is 11.6 Å². The number of amides is 1. The van der Waals surface area contributed by atoms with Crippen molar-refractivity contribution in [3.8, 4) is 22.9 Å². The molecule has 1 atom stereocenters. The molecule has 9 heteroatoms. The van der Waals surface area contributed by atoms with Crippen LogP contribution in [-0.4, -0.2) is 50.8 Å². The monoisotopic (exact) mass is 425 g/mol. The molecule has 1 fully saturated rings. The number of benzene rings is 2. The van der Waals surface area contributed by atoms with Gasteiger partial charge in [-0.15, -0.1) is 10.2 Å². The van der Waals surface area contributed by atoms with E-state index in [2.05, 4.69) is 15.4 Å². The van der Waals surface area contributed by atoms with Crippen molar-refractivity contribution in [1.82, 2.24) is 25.1 Å². The van der Waals surface area contributed by atoms with Crippen LogP contribution < -0.4 is 9.47 Å². The van der Waals surface area contributed by atoms with Crippen molar-refractivity contribution >= 4 is 17.5 Å². The number of hydrogen-bond donors (Lipinski definition) is 0. The fourth-order valence-electron chi connectivity index (χ4n) is 3.95. The minimum atomic E-state index is -0.0458. The number of carbonyl (C=O) groups excluding carboxylic acids is 1. The summed E-state index contributed by atoms with van der Waals surface area (Å²) in [5, 5.41) is 13.0. The Bertz CT molecular complexity index is 1090. The molecule has 30 heavy (non-hydrogen) atoms. The molecule has 1 amide bonds. The summed E-state index contributed by atoms with van der Waals surface area (Å²) in [5.74, 6) is 1.84. The Balaban J connectivity index is 1.32. The van der Waals surface area contributed by atoms with E-state index in [1.165, 1.54) is 4.80 Å². The van der Waals surface area contributed by atoms with Crippen molar-refractivity contribution in [3.63, 3.8) is 0 Å². The van der Waals surface area contributed by atoms with Crippen molar-refractivity contribution in [3.05, 3.63) is 53.1 Å². The van der Waals surface area contributed by atoms with E-state index < -0.39 is 0 Å². The largest absolute Gasteiger partial charge is 0.486 e. The Morgan fingerprint density at radius 3 is 2.83 bits per heavy atom. The number of nitrogens with zero attached hydrogens (tertiary/aromatic N) is 5. The summed E-state index contributed by atoms with van der Waals surface area (Å²) in [5.41, 5.74) is 1.74. The van der Waals surface area contributed by atoms with Gasteiger partial charge in [0.1, 0.15) is 19.8 Å². The first-order chi connectivity index (χ1) is 14.7. The fraction of sp³-hybridized carbons (Fsp3) is 0.333. The Morgan fingerprint density at radius 2 is 1.97 bits per heavy atom. The zero-order valence-electron chi connectivity index (χ0n) is 16.2. The van der Waals surface area contributed by atoms with Gasteiger partial charge in [-0.2, -0.15) is 4.80 Å². The lowest BCUT2D eigenvalue weighted by Gasteiger charge is -2.26. The molecule has 8 nitrogen and oxygen atoms in total. The summed E-state index contributed by atoms with van der Waals surface area (Å²) >= 11 is 6.20. The smallest absolute Gasteiger partial charge is 0.246 e. The average Bonchev–Trinajstić information content (AvgIpc) is 3.43. The van der Waals surface area contributed by atoms with Gasteiger partial charge < -0.3 is 14.4 Å². The van der Waals surface area contributed by atoms with Crippen LogP contribution in [0.2, 0.25) is 5.02 Å². The molecule has 2 aliphatic heterocycles. The number of ether oxygens (including phenoxy) is 2. The van der Waals surface area contributed by atoms with Gasteiger partial charge in [0.2, 0.25) is 11.7 Å². The summed E-state index contributed by atoms with van der Waals surface area (Å²) in [6.07, 6.45) is 1.85. The van der Waals surface area contributed by atoms with Gasteiger partial charge >= 0.3 is 0 Å². The number of tetrazole rings is 1. The number of aromatic nitrogens is 4. The van der Waals surface area contributed by atoms with E-state index in [0.717, 1.165) is 29.9 Å². The summed E-state index contributed by atoms with van der Waals surface area (Å²) in [7, 11) is 0. The molecule has 2 aliphatic rings. The lowest BCUT2D eigenvalue weighted by atomic mass is 10.0. The molecule has 5 rings (SSSR count). The van der Waals surface area contributed by atoms with E-state index in [1.54, 1.807) is 6.07 Å². The normalized spacial score (nSPS) is 17.9. The van der Waals surface area contributed by atoms with Gasteiger partial charge in [0.05, 0.1) is 11.1 Å². The number of carbonyl (C=O) groups is 1. The molecule has 0 bridgehead atoms. The number of halogens is 1. The quantitative estimate of drug-likeness (QED) is 0.638. The van der Waals surface area contributed by atoms with Crippen LogP contribution in [0.1, 0.15) is 24.4 Å². The van der Waals surface area contributed by atoms with Crippen LogP contribution in [0.3, 0.4) is 0 Å². The van der Waals surface area contributed by atoms with E-state index >= 15 is 0 Å². The van der Waals surface area contributed by atoms with Gasteiger partial charge in [0, 0.05) is 12.1 Å². The lowest BCUT2D eigenvalue weighted by molar-refractivity contribution is -0.133. The third-order valence-electron chi connectivity index (χ3n) is 5.37. The predicted molar refractivity (Wildman–Crippen MR) is 109 cm³/mol. The third-order valence-corrected chi connectivity index (χ3v) is 5.70. The molecule has 0 saturated carbocycles. The molecule has 1 aromatic heterocycles. The summed E-state index contributed by atoms with van der Waals surface area (Å²) in [6, 6.07) is 13.2. The first kappa shape index (κ1) is 18.9. The van der Waals surface area contributed by atoms with Crippen LogP contribution in [0.15, 0.2) is 42.5 Å². The van der Waals surface area contributed by atoms with Gasteiger partial charge in [-0.25, -0.2) is 0 Å². The molecule has 0 radical (unpaired) electrons. The van der Waals surface area contributed by atoms with E-state index in [9.17, 15) is 4.79 Å². The fourth-order valence-corrected chi connectivity index (χ4v) is 4.17. The molecule has 0 aliphatic carbocycles. The molecular weight excluding hydrogens is 406 g/mol. The zero-order chi connectivity index (χ0) is 20.5.